The van der Waals surface area contributed by atoms with Crippen LogP contribution in [0.1, 0.15) is 28.4 Å². The quantitative estimate of drug-likeness (QED) is 0.375. The van der Waals surface area contributed by atoms with Crippen molar-refractivity contribution >= 4 is 23.0 Å². The van der Waals surface area contributed by atoms with Gasteiger partial charge in [-0.2, -0.15) is 0 Å². The Morgan fingerprint density at radius 2 is 1.87 bits per heavy atom. The van der Waals surface area contributed by atoms with Gasteiger partial charge in [0.05, 0.1) is 17.1 Å². The summed E-state index contributed by atoms with van der Waals surface area (Å²) in [4.78, 5) is 21.1. The normalized spacial score (nSPS) is 11.3. The van der Waals surface area contributed by atoms with Crippen LogP contribution in [0.2, 0.25) is 0 Å². The molecule has 1 aromatic heterocycles. The molecule has 1 amide bonds. The number of nitrogens with zero attached hydrogens (tertiary/aromatic N) is 2. The van der Waals surface area contributed by atoms with E-state index in [1.54, 1.807) is 36.7 Å². The number of nitrogens with two attached hydrogens (primary N) is 1. The fourth-order valence-corrected chi connectivity index (χ4v) is 2.84. The van der Waals surface area contributed by atoms with E-state index in [0.29, 0.717) is 29.3 Å². The van der Waals surface area contributed by atoms with Crippen LogP contribution >= 0.6 is 0 Å². The highest BCUT2D eigenvalue weighted by atomic mass is 16.1. The fourth-order valence-electron chi connectivity index (χ4n) is 2.84. The summed E-state index contributed by atoms with van der Waals surface area (Å²) in [7, 11) is 0. The van der Waals surface area contributed by atoms with Crippen LogP contribution in [-0.4, -0.2) is 16.6 Å². The lowest BCUT2D eigenvalue weighted by molar-refractivity contribution is 0.102. The number of nitrogen functional groups attached to an aromatic ring is 1. The van der Waals surface area contributed by atoms with Crippen LogP contribution in [0.15, 0.2) is 103 Å². The Balaban J connectivity index is 1.60. The second kappa shape index (κ2) is 10.5. The van der Waals surface area contributed by atoms with Crippen LogP contribution in [0.3, 0.4) is 0 Å². The number of carbonyl (C=O) groups excluding carboxylic acids is 1. The number of amides is 1. The molecule has 0 bridgehead atoms. The highest BCUT2D eigenvalue weighted by Crippen LogP contribution is 2.18. The van der Waals surface area contributed by atoms with Gasteiger partial charge >= 0.3 is 0 Å². The number of hydrogen-bond donors (Lipinski definition) is 3. The molecule has 31 heavy (non-hydrogen) atoms. The predicted octanol–water partition coefficient (Wildman–Crippen LogP) is 4.54. The summed E-state index contributed by atoms with van der Waals surface area (Å²) < 4.78 is 0. The van der Waals surface area contributed by atoms with Crippen molar-refractivity contribution in [2.75, 3.05) is 11.1 Å². The molecule has 0 aliphatic carbocycles. The Kier molecular flexibility index (Phi) is 7.32. The zero-order valence-electron chi connectivity index (χ0n) is 17.4. The third-order valence-electron chi connectivity index (χ3n) is 4.46. The van der Waals surface area contributed by atoms with Gasteiger partial charge in [-0.15, -0.1) is 0 Å². The molecular weight excluding hydrogens is 386 g/mol. The standard InChI is InChI=1S/C25H25N5O/c1-3-7-23(21-8-6-15-27-17-21)29-18(2)28-16-19-11-13-20(14-12-19)25(31)30-24-10-5-4-9-22(24)26/h3-15,17,28H,2,16,26H2,1H3,(H,30,31)/b7-3-,29-23+. The Morgan fingerprint density at radius 1 is 1.10 bits per heavy atom. The molecule has 3 rings (SSSR count). The third kappa shape index (κ3) is 6.14. The molecule has 6 nitrogen and oxygen atoms in total. The van der Waals surface area contributed by atoms with Gasteiger partial charge in [-0.1, -0.05) is 36.9 Å². The Labute approximate surface area is 182 Å². The summed E-state index contributed by atoms with van der Waals surface area (Å²) in [5.41, 5.74) is 10.2. The summed E-state index contributed by atoms with van der Waals surface area (Å²) in [5, 5.41) is 6.02. The van der Waals surface area contributed by atoms with E-state index in [9.17, 15) is 4.79 Å². The van der Waals surface area contributed by atoms with Gasteiger partial charge in [-0.05, 0) is 55.0 Å². The Morgan fingerprint density at radius 3 is 2.55 bits per heavy atom. The SMILES string of the molecule is C=C(/N=C(\C=C/C)c1cccnc1)NCc1ccc(C(=O)Nc2ccccc2N)cc1. The molecule has 1 heterocycles. The molecule has 6 heteroatoms. The van der Waals surface area contributed by atoms with Crippen LogP contribution in [0.4, 0.5) is 11.4 Å². The van der Waals surface area contributed by atoms with E-state index >= 15 is 0 Å². The van der Waals surface area contributed by atoms with Gasteiger partial charge in [-0.3, -0.25) is 9.78 Å². The van der Waals surface area contributed by atoms with E-state index in [-0.39, 0.29) is 5.91 Å². The van der Waals surface area contributed by atoms with E-state index in [0.717, 1.165) is 16.8 Å². The van der Waals surface area contributed by atoms with Gasteiger partial charge in [-0.25, -0.2) is 4.99 Å². The van der Waals surface area contributed by atoms with Crippen molar-refractivity contribution in [1.29, 1.82) is 0 Å². The van der Waals surface area contributed by atoms with Gasteiger partial charge in [0.15, 0.2) is 0 Å². The monoisotopic (exact) mass is 411 g/mol. The minimum absolute atomic E-state index is 0.209. The number of rotatable bonds is 8. The maximum Gasteiger partial charge on any atom is 0.255 e. The van der Waals surface area contributed by atoms with E-state index in [1.807, 2.05) is 55.5 Å². The van der Waals surface area contributed by atoms with Crippen molar-refractivity contribution in [3.8, 4) is 0 Å². The van der Waals surface area contributed by atoms with Gasteiger partial charge in [0.2, 0.25) is 0 Å². The van der Waals surface area contributed by atoms with Crippen molar-refractivity contribution in [3.63, 3.8) is 0 Å². The lowest BCUT2D eigenvalue weighted by Crippen LogP contribution is -2.14. The number of anilines is 2. The lowest BCUT2D eigenvalue weighted by Gasteiger charge is -2.10. The molecule has 3 aromatic rings. The molecule has 156 valence electrons. The summed E-state index contributed by atoms with van der Waals surface area (Å²) >= 11 is 0. The van der Waals surface area contributed by atoms with Crippen molar-refractivity contribution in [2.45, 2.75) is 13.5 Å². The zero-order valence-corrected chi connectivity index (χ0v) is 17.4. The van der Waals surface area contributed by atoms with E-state index in [2.05, 4.69) is 27.2 Å². The molecule has 0 saturated carbocycles. The van der Waals surface area contributed by atoms with Crippen LogP contribution in [0.25, 0.3) is 0 Å². The number of aromatic nitrogens is 1. The maximum absolute atomic E-state index is 12.4. The first-order chi connectivity index (χ1) is 15.1. The van der Waals surface area contributed by atoms with E-state index < -0.39 is 0 Å². The molecule has 0 spiro atoms. The van der Waals surface area contributed by atoms with E-state index in [1.165, 1.54) is 0 Å². The number of aliphatic imine (C=N–C) groups is 1. The van der Waals surface area contributed by atoms with Crippen molar-refractivity contribution in [2.24, 2.45) is 4.99 Å². The molecule has 4 N–H and O–H groups in total. The molecule has 0 unspecified atom stereocenters. The van der Waals surface area contributed by atoms with Crippen LogP contribution < -0.4 is 16.4 Å². The lowest BCUT2D eigenvalue weighted by atomic mass is 10.1. The van der Waals surface area contributed by atoms with E-state index in [4.69, 9.17) is 5.73 Å². The van der Waals surface area contributed by atoms with Crippen LogP contribution in [0.5, 0.6) is 0 Å². The van der Waals surface area contributed by atoms with Gasteiger partial charge in [0, 0.05) is 30.1 Å². The highest BCUT2D eigenvalue weighted by molar-refractivity contribution is 6.09. The molecule has 0 fully saturated rings. The largest absolute Gasteiger partial charge is 0.397 e. The van der Waals surface area contributed by atoms with Crippen LogP contribution in [0, 0.1) is 0 Å². The number of nitrogens with one attached hydrogen (secondary N) is 2. The molecule has 0 saturated heterocycles. The molecule has 0 aliphatic rings. The van der Waals surface area contributed by atoms with Crippen molar-refractivity contribution < 1.29 is 4.79 Å². The average molecular weight is 412 g/mol. The van der Waals surface area contributed by atoms with Crippen molar-refractivity contribution in [1.82, 2.24) is 10.3 Å². The minimum Gasteiger partial charge on any atom is -0.397 e. The number of hydrogen-bond acceptors (Lipinski definition) is 5. The summed E-state index contributed by atoms with van der Waals surface area (Å²) in [6.07, 6.45) is 7.32. The smallest absolute Gasteiger partial charge is 0.255 e. The highest BCUT2D eigenvalue weighted by Gasteiger charge is 2.08. The molecular formula is C25H25N5O. The average Bonchev–Trinajstić information content (AvgIpc) is 2.80. The third-order valence-corrected chi connectivity index (χ3v) is 4.46. The summed E-state index contributed by atoms with van der Waals surface area (Å²) in [5.74, 6) is 0.331. The number of allylic oxidation sites excluding steroid dienone is 2. The summed E-state index contributed by atoms with van der Waals surface area (Å²) in [6, 6.07) is 18.3. The molecule has 0 aliphatic heterocycles. The topological polar surface area (TPSA) is 92.4 Å². The minimum atomic E-state index is -0.209. The Hall–Kier alpha value is -4.19. The first kappa shape index (κ1) is 21.5. The Bertz CT molecular complexity index is 1100. The second-order valence-corrected chi connectivity index (χ2v) is 6.78. The predicted molar refractivity (Wildman–Crippen MR) is 127 cm³/mol. The number of benzene rings is 2. The second-order valence-electron chi connectivity index (χ2n) is 6.78. The molecule has 2 aromatic carbocycles. The molecule has 0 radical (unpaired) electrons. The first-order valence-corrected chi connectivity index (χ1v) is 9.86. The summed E-state index contributed by atoms with van der Waals surface area (Å²) in [6.45, 7) is 6.46. The fraction of sp³-hybridized carbons (Fsp3) is 0.0800. The van der Waals surface area contributed by atoms with Gasteiger partial charge < -0.3 is 16.4 Å². The van der Waals surface area contributed by atoms with Crippen molar-refractivity contribution in [3.05, 3.63) is 114 Å². The van der Waals surface area contributed by atoms with Gasteiger partial charge in [0.1, 0.15) is 5.82 Å². The number of pyridine rings is 1. The zero-order chi connectivity index (χ0) is 22.1. The number of carbonyl (C=O) groups is 1. The van der Waals surface area contributed by atoms with Gasteiger partial charge in [0.25, 0.3) is 5.91 Å². The van der Waals surface area contributed by atoms with Crippen LogP contribution in [-0.2, 0) is 6.54 Å². The maximum atomic E-state index is 12.4. The molecule has 0 atom stereocenters. The number of para-hydroxylation sites is 2. The first-order valence-electron chi connectivity index (χ1n) is 9.86.